The van der Waals surface area contributed by atoms with Gasteiger partial charge in [0, 0.05) is 0 Å². The van der Waals surface area contributed by atoms with Crippen LogP contribution in [0.2, 0.25) is 0 Å². The summed E-state index contributed by atoms with van der Waals surface area (Å²) in [5, 5.41) is 3.07. The lowest BCUT2D eigenvalue weighted by molar-refractivity contribution is -0.120. The molecule has 1 N–H and O–H groups in total. The van der Waals surface area contributed by atoms with Gasteiger partial charge in [0.15, 0.2) is 0 Å². The molecule has 1 atom stereocenters. The average Bonchev–Trinajstić information content (AvgIpc) is 2.88. The van der Waals surface area contributed by atoms with Crippen LogP contribution < -0.4 is 19.1 Å². The number of carbonyl (C=O) groups is 1. The second-order valence-corrected chi connectivity index (χ2v) is 10.7. The highest BCUT2D eigenvalue weighted by Gasteiger charge is 2.29. The number of nitrogens with one attached hydrogen (secondary N) is 1. The van der Waals surface area contributed by atoms with Crippen molar-refractivity contribution in [1.29, 1.82) is 0 Å². The predicted molar refractivity (Wildman–Crippen MR) is 140 cm³/mol. The van der Waals surface area contributed by atoms with Gasteiger partial charge in [0.05, 0.1) is 30.3 Å². The third-order valence-electron chi connectivity index (χ3n) is 6.33. The van der Waals surface area contributed by atoms with E-state index in [2.05, 4.69) is 5.32 Å². The van der Waals surface area contributed by atoms with Gasteiger partial charge in [-0.2, -0.15) is 0 Å². The molecule has 0 bridgehead atoms. The molecule has 7 nitrogen and oxygen atoms in total. The Morgan fingerprint density at radius 1 is 1.03 bits per heavy atom. The number of anilines is 1. The van der Waals surface area contributed by atoms with Crippen molar-refractivity contribution in [3.63, 3.8) is 0 Å². The maximum atomic E-state index is 13.7. The van der Waals surface area contributed by atoms with E-state index < -0.39 is 10.0 Å². The summed E-state index contributed by atoms with van der Waals surface area (Å²) >= 11 is 0. The fourth-order valence-corrected chi connectivity index (χ4v) is 5.89. The summed E-state index contributed by atoms with van der Waals surface area (Å²) in [5.74, 6) is 1.01. The van der Waals surface area contributed by atoms with Crippen LogP contribution in [0.25, 0.3) is 0 Å². The van der Waals surface area contributed by atoms with Crippen molar-refractivity contribution in [2.45, 2.75) is 44.0 Å². The molecule has 1 aliphatic rings. The van der Waals surface area contributed by atoms with E-state index in [9.17, 15) is 13.2 Å². The van der Waals surface area contributed by atoms with Crippen molar-refractivity contribution in [3.8, 4) is 11.5 Å². The highest BCUT2D eigenvalue weighted by Crippen LogP contribution is 2.32. The SMILES string of the molecule is CCOc1ccc(S(=O)(=O)N(CC(=O)NC2CCCc3cc(OC)ccc32)c2ccc(C)cc2)cc1. The van der Waals surface area contributed by atoms with Gasteiger partial charge in [0.1, 0.15) is 18.0 Å². The van der Waals surface area contributed by atoms with Crippen LogP contribution in [0.3, 0.4) is 0 Å². The maximum absolute atomic E-state index is 13.7. The number of ether oxygens (including phenoxy) is 2. The van der Waals surface area contributed by atoms with E-state index in [-0.39, 0.29) is 23.4 Å². The number of rotatable bonds is 9. The molecule has 0 fully saturated rings. The van der Waals surface area contributed by atoms with Gasteiger partial charge in [-0.25, -0.2) is 8.42 Å². The normalized spacial score (nSPS) is 15.0. The Hall–Kier alpha value is -3.52. The molecule has 3 aromatic carbocycles. The summed E-state index contributed by atoms with van der Waals surface area (Å²) in [6.07, 6.45) is 2.64. The first-order valence-electron chi connectivity index (χ1n) is 12.1. The highest BCUT2D eigenvalue weighted by atomic mass is 32.2. The van der Waals surface area contributed by atoms with Crippen LogP contribution in [-0.4, -0.2) is 34.6 Å². The van der Waals surface area contributed by atoms with E-state index in [4.69, 9.17) is 9.47 Å². The number of hydrogen-bond acceptors (Lipinski definition) is 5. The zero-order chi connectivity index (χ0) is 25.7. The quantitative estimate of drug-likeness (QED) is 0.449. The molecule has 190 valence electrons. The Morgan fingerprint density at radius 2 is 1.72 bits per heavy atom. The van der Waals surface area contributed by atoms with Gasteiger partial charge >= 0.3 is 0 Å². The van der Waals surface area contributed by atoms with Crippen LogP contribution in [-0.2, 0) is 21.2 Å². The fraction of sp³-hybridized carbons (Fsp3) is 0.321. The molecule has 1 unspecified atom stereocenters. The first-order valence-corrected chi connectivity index (χ1v) is 13.5. The minimum absolute atomic E-state index is 0.0921. The van der Waals surface area contributed by atoms with Crippen molar-refractivity contribution in [2.24, 2.45) is 0 Å². The summed E-state index contributed by atoms with van der Waals surface area (Å²) in [6.45, 7) is 3.94. The summed E-state index contributed by atoms with van der Waals surface area (Å²) in [5.41, 5.74) is 3.62. The van der Waals surface area contributed by atoms with Crippen LogP contribution in [0.1, 0.15) is 42.5 Å². The van der Waals surface area contributed by atoms with Gasteiger partial charge in [0.2, 0.25) is 5.91 Å². The number of sulfonamides is 1. The molecular weight excluding hydrogens is 476 g/mol. The molecular formula is C28H32N2O5S. The van der Waals surface area contributed by atoms with Crippen molar-refractivity contribution in [1.82, 2.24) is 5.32 Å². The van der Waals surface area contributed by atoms with E-state index >= 15 is 0 Å². The Kier molecular flexibility index (Phi) is 7.84. The zero-order valence-electron chi connectivity index (χ0n) is 20.9. The van der Waals surface area contributed by atoms with Crippen molar-refractivity contribution < 1.29 is 22.7 Å². The molecule has 4 rings (SSSR count). The second kappa shape index (κ2) is 11.0. The molecule has 0 heterocycles. The first kappa shape index (κ1) is 25.6. The summed E-state index contributed by atoms with van der Waals surface area (Å²) in [7, 11) is -2.37. The molecule has 0 saturated heterocycles. The van der Waals surface area contributed by atoms with Gasteiger partial charge < -0.3 is 14.8 Å². The molecule has 0 saturated carbocycles. The minimum Gasteiger partial charge on any atom is -0.497 e. The summed E-state index contributed by atoms with van der Waals surface area (Å²) < 4.78 is 39.3. The van der Waals surface area contributed by atoms with Gasteiger partial charge in [0.25, 0.3) is 10.0 Å². The zero-order valence-corrected chi connectivity index (χ0v) is 21.7. The lowest BCUT2D eigenvalue weighted by atomic mass is 9.87. The monoisotopic (exact) mass is 508 g/mol. The molecule has 36 heavy (non-hydrogen) atoms. The van der Waals surface area contributed by atoms with Crippen molar-refractivity contribution >= 4 is 21.6 Å². The van der Waals surface area contributed by atoms with E-state index in [0.717, 1.165) is 46.0 Å². The van der Waals surface area contributed by atoms with Gasteiger partial charge in [-0.05, 0) is 92.8 Å². The van der Waals surface area contributed by atoms with Crippen LogP contribution in [0, 0.1) is 6.92 Å². The number of hydrogen-bond donors (Lipinski definition) is 1. The third-order valence-corrected chi connectivity index (χ3v) is 8.12. The lowest BCUT2D eigenvalue weighted by Gasteiger charge is -2.29. The number of benzene rings is 3. The van der Waals surface area contributed by atoms with Gasteiger partial charge in [-0.1, -0.05) is 23.8 Å². The van der Waals surface area contributed by atoms with Gasteiger partial charge in [-0.3, -0.25) is 9.10 Å². The van der Waals surface area contributed by atoms with Crippen LogP contribution in [0.15, 0.2) is 71.6 Å². The Morgan fingerprint density at radius 3 is 2.39 bits per heavy atom. The molecule has 3 aromatic rings. The Balaban J connectivity index is 1.59. The number of amides is 1. The molecule has 0 aliphatic heterocycles. The molecule has 8 heteroatoms. The standard InChI is InChI=1S/C28H32N2O5S/c1-4-35-23-12-15-25(16-13-23)36(32,33)30(22-10-8-20(2)9-11-22)19-28(31)29-27-7-5-6-21-18-24(34-3)14-17-26(21)27/h8-18,27H,4-7,19H2,1-3H3,(H,29,31). The molecule has 0 spiro atoms. The van der Waals surface area contributed by atoms with Crippen molar-refractivity contribution in [3.05, 3.63) is 83.4 Å². The van der Waals surface area contributed by atoms with Crippen molar-refractivity contribution in [2.75, 3.05) is 24.6 Å². The summed E-state index contributed by atoms with van der Waals surface area (Å²) in [4.78, 5) is 13.3. The molecule has 1 amide bonds. The maximum Gasteiger partial charge on any atom is 0.264 e. The first-order chi connectivity index (χ1) is 17.3. The van der Waals surface area contributed by atoms with Crippen LogP contribution in [0.4, 0.5) is 5.69 Å². The Labute approximate surface area is 213 Å². The third kappa shape index (κ3) is 5.65. The number of fused-ring (bicyclic) bond motifs is 1. The fourth-order valence-electron chi connectivity index (χ4n) is 4.47. The Bertz CT molecular complexity index is 1300. The predicted octanol–water partition coefficient (Wildman–Crippen LogP) is 4.79. The topological polar surface area (TPSA) is 84.9 Å². The van der Waals surface area contributed by atoms with E-state index in [1.54, 1.807) is 31.4 Å². The van der Waals surface area contributed by atoms with Crippen LogP contribution >= 0.6 is 0 Å². The molecule has 0 radical (unpaired) electrons. The number of nitrogens with zero attached hydrogens (tertiary/aromatic N) is 1. The highest BCUT2D eigenvalue weighted by molar-refractivity contribution is 7.92. The molecule has 0 aromatic heterocycles. The lowest BCUT2D eigenvalue weighted by Crippen LogP contribution is -2.42. The van der Waals surface area contributed by atoms with E-state index in [1.165, 1.54) is 12.1 Å². The number of aryl methyl sites for hydroxylation is 2. The second-order valence-electron chi connectivity index (χ2n) is 8.83. The van der Waals surface area contributed by atoms with Crippen LogP contribution in [0.5, 0.6) is 11.5 Å². The van der Waals surface area contributed by atoms with Gasteiger partial charge in [-0.15, -0.1) is 0 Å². The minimum atomic E-state index is -4.00. The van der Waals surface area contributed by atoms with E-state index in [1.807, 2.05) is 44.2 Å². The molecule has 1 aliphatic carbocycles. The summed E-state index contributed by atoms with van der Waals surface area (Å²) in [6, 6.07) is 19.0. The number of methoxy groups -OCH3 is 1. The largest absolute Gasteiger partial charge is 0.497 e. The number of carbonyl (C=O) groups excluding carboxylic acids is 1. The van der Waals surface area contributed by atoms with E-state index in [0.29, 0.717) is 18.0 Å². The smallest absolute Gasteiger partial charge is 0.264 e. The average molecular weight is 509 g/mol.